The second-order valence-corrected chi connectivity index (χ2v) is 8.14. The van der Waals surface area contributed by atoms with E-state index in [9.17, 15) is 14.4 Å². The molecule has 2 atom stereocenters. The van der Waals surface area contributed by atoms with Crippen molar-refractivity contribution in [2.75, 3.05) is 26.7 Å². The largest absolute Gasteiger partial charge is 0.322 e. The smallest absolute Gasteiger partial charge is 0.255 e. The van der Waals surface area contributed by atoms with Crippen LogP contribution in [0.25, 0.3) is 0 Å². The van der Waals surface area contributed by atoms with Crippen LogP contribution in [0.4, 0.5) is 0 Å². The van der Waals surface area contributed by atoms with Gasteiger partial charge in [-0.25, -0.2) is 0 Å². The number of carbonyl (C=O) groups is 3. The van der Waals surface area contributed by atoms with E-state index < -0.39 is 6.04 Å². The third kappa shape index (κ3) is 3.69. The SMILES string of the molecule is CNCC1CCCN(Cc2cccc3c2CN(C2CCC(=O)NC2=O)C3=O)C1. The van der Waals surface area contributed by atoms with E-state index in [1.807, 2.05) is 19.2 Å². The molecule has 7 heteroatoms. The second kappa shape index (κ2) is 8.01. The Morgan fingerprint density at radius 1 is 1.21 bits per heavy atom. The lowest BCUT2D eigenvalue weighted by atomic mass is 9.96. The maximum atomic E-state index is 12.9. The Bertz CT molecular complexity index is 792. The molecule has 0 spiro atoms. The van der Waals surface area contributed by atoms with Crippen molar-refractivity contribution in [1.29, 1.82) is 0 Å². The number of benzene rings is 1. The molecule has 1 aromatic rings. The van der Waals surface area contributed by atoms with E-state index >= 15 is 0 Å². The van der Waals surface area contributed by atoms with Crippen LogP contribution in [-0.2, 0) is 22.7 Å². The van der Waals surface area contributed by atoms with E-state index in [4.69, 9.17) is 0 Å². The van der Waals surface area contributed by atoms with Gasteiger partial charge in [-0.3, -0.25) is 24.6 Å². The summed E-state index contributed by atoms with van der Waals surface area (Å²) in [6, 6.07) is 5.34. The van der Waals surface area contributed by atoms with Crippen LogP contribution in [0.3, 0.4) is 0 Å². The molecule has 3 heterocycles. The molecule has 3 aliphatic heterocycles. The van der Waals surface area contributed by atoms with Crippen molar-refractivity contribution in [3.05, 3.63) is 34.9 Å². The van der Waals surface area contributed by atoms with E-state index in [0.29, 0.717) is 24.4 Å². The van der Waals surface area contributed by atoms with Crippen molar-refractivity contribution in [2.24, 2.45) is 5.92 Å². The van der Waals surface area contributed by atoms with Gasteiger partial charge in [0.1, 0.15) is 6.04 Å². The fourth-order valence-corrected chi connectivity index (χ4v) is 4.79. The number of carbonyl (C=O) groups excluding carboxylic acids is 3. The Morgan fingerprint density at radius 2 is 2.07 bits per heavy atom. The minimum Gasteiger partial charge on any atom is -0.322 e. The Balaban J connectivity index is 1.50. The molecule has 0 aliphatic carbocycles. The first kappa shape index (κ1) is 19.1. The average molecular weight is 384 g/mol. The predicted octanol–water partition coefficient (Wildman–Crippen LogP) is 0.879. The summed E-state index contributed by atoms with van der Waals surface area (Å²) in [7, 11) is 2.00. The molecular formula is C21H28N4O3. The molecule has 3 aliphatic rings. The maximum absolute atomic E-state index is 12.9. The Labute approximate surface area is 165 Å². The normalized spacial score (nSPS) is 25.8. The highest BCUT2D eigenvalue weighted by atomic mass is 16.2. The van der Waals surface area contributed by atoms with Crippen molar-refractivity contribution in [3.63, 3.8) is 0 Å². The number of piperidine rings is 2. The first-order chi connectivity index (χ1) is 13.6. The van der Waals surface area contributed by atoms with Crippen LogP contribution in [0, 0.1) is 5.92 Å². The Kier molecular flexibility index (Phi) is 5.46. The lowest BCUT2D eigenvalue weighted by Crippen LogP contribution is -2.52. The van der Waals surface area contributed by atoms with E-state index in [0.717, 1.165) is 31.7 Å². The molecule has 0 saturated carbocycles. The summed E-state index contributed by atoms with van der Waals surface area (Å²) in [5, 5.41) is 5.64. The molecular weight excluding hydrogens is 356 g/mol. The standard InChI is InChI=1S/C21H28N4O3/c1-22-10-14-4-3-9-24(11-14)12-15-5-2-6-16-17(15)13-25(21(16)28)18-7-8-19(26)23-20(18)27/h2,5-6,14,18,22H,3-4,7-13H2,1H3,(H,23,26,27). The first-order valence-corrected chi connectivity index (χ1v) is 10.2. The van der Waals surface area contributed by atoms with E-state index in [1.165, 1.54) is 18.4 Å². The third-order valence-corrected chi connectivity index (χ3v) is 6.17. The van der Waals surface area contributed by atoms with Gasteiger partial charge in [0.25, 0.3) is 5.91 Å². The number of fused-ring (bicyclic) bond motifs is 1. The summed E-state index contributed by atoms with van der Waals surface area (Å²) in [5.74, 6) is -0.0487. The molecule has 1 aromatic carbocycles. The van der Waals surface area contributed by atoms with Gasteiger partial charge in [0.05, 0.1) is 0 Å². The molecule has 0 bridgehead atoms. The van der Waals surface area contributed by atoms with Crippen molar-refractivity contribution in [3.8, 4) is 0 Å². The first-order valence-electron chi connectivity index (χ1n) is 10.2. The number of hydrogen-bond acceptors (Lipinski definition) is 5. The lowest BCUT2D eigenvalue weighted by molar-refractivity contribution is -0.136. The Hall–Kier alpha value is -2.25. The third-order valence-electron chi connectivity index (χ3n) is 6.17. The molecule has 2 saturated heterocycles. The molecule has 2 N–H and O–H groups in total. The number of likely N-dealkylation sites (tertiary alicyclic amines) is 1. The minimum atomic E-state index is -0.555. The minimum absolute atomic E-state index is 0.0990. The molecule has 2 fully saturated rings. The van der Waals surface area contributed by atoms with Gasteiger partial charge in [-0.15, -0.1) is 0 Å². The Morgan fingerprint density at radius 3 is 2.86 bits per heavy atom. The summed E-state index contributed by atoms with van der Waals surface area (Å²) >= 11 is 0. The van der Waals surface area contributed by atoms with Gasteiger partial charge in [0.2, 0.25) is 11.8 Å². The summed E-state index contributed by atoms with van der Waals surface area (Å²) < 4.78 is 0. The monoisotopic (exact) mass is 384 g/mol. The van der Waals surface area contributed by atoms with Crippen LogP contribution in [0.5, 0.6) is 0 Å². The zero-order chi connectivity index (χ0) is 19.7. The van der Waals surface area contributed by atoms with Crippen LogP contribution in [0.1, 0.15) is 47.2 Å². The van der Waals surface area contributed by atoms with Gasteiger partial charge in [0.15, 0.2) is 0 Å². The van der Waals surface area contributed by atoms with Crippen molar-refractivity contribution in [2.45, 2.75) is 44.8 Å². The summed E-state index contributed by atoms with van der Waals surface area (Å²) in [6.07, 6.45) is 3.14. The fraction of sp³-hybridized carbons (Fsp3) is 0.571. The zero-order valence-electron chi connectivity index (χ0n) is 16.4. The van der Waals surface area contributed by atoms with Crippen LogP contribution in [-0.4, -0.2) is 60.2 Å². The highest BCUT2D eigenvalue weighted by molar-refractivity contribution is 6.05. The molecule has 3 amide bonds. The van der Waals surface area contributed by atoms with Crippen LogP contribution in [0.2, 0.25) is 0 Å². The van der Waals surface area contributed by atoms with Crippen molar-refractivity contribution < 1.29 is 14.4 Å². The van der Waals surface area contributed by atoms with Crippen molar-refractivity contribution in [1.82, 2.24) is 20.4 Å². The van der Waals surface area contributed by atoms with Crippen molar-refractivity contribution >= 4 is 17.7 Å². The van der Waals surface area contributed by atoms with Gasteiger partial charge < -0.3 is 10.2 Å². The summed E-state index contributed by atoms with van der Waals surface area (Å²) in [5.41, 5.74) is 2.91. The average Bonchev–Trinajstić information content (AvgIpc) is 3.00. The van der Waals surface area contributed by atoms with Gasteiger partial charge in [-0.05, 0) is 62.5 Å². The molecule has 28 heavy (non-hydrogen) atoms. The van der Waals surface area contributed by atoms with Gasteiger partial charge in [-0.2, -0.15) is 0 Å². The van der Waals surface area contributed by atoms with E-state index in [2.05, 4.69) is 21.6 Å². The molecule has 7 nitrogen and oxygen atoms in total. The summed E-state index contributed by atoms with van der Waals surface area (Å²) in [6.45, 7) is 4.46. The highest BCUT2D eigenvalue weighted by Crippen LogP contribution is 2.31. The molecule has 2 unspecified atom stereocenters. The van der Waals surface area contributed by atoms with Crippen LogP contribution >= 0.6 is 0 Å². The number of imide groups is 1. The highest BCUT2D eigenvalue weighted by Gasteiger charge is 2.39. The quantitative estimate of drug-likeness (QED) is 0.737. The maximum Gasteiger partial charge on any atom is 0.255 e. The summed E-state index contributed by atoms with van der Waals surface area (Å²) in [4.78, 5) is 40.7. The van der Waals surface area contributed by atoms with Crippen LogP contribution in [0.15, 0.2) is 18.2 Å². The second-order valence-electron chi connectivity index (χ2n) is 8.14. The number of nitrogens with zero attached hydrogens (tertiary/aromatic N) is 2. The zero-order valence-corrected chi connectivity index (χ0v) is 16.4. The topological polar surface area (TPSA) is 81.8 Å². The lowest BCUT2D eigenvalue weighted by Gasteiger charge is -2.33. The van der Waals surface area contributed by atoms with Gasteiger partial charge >= 0.3 is 0 Å². The van der Waals surface area contributed by atoms with Gasteiger partial charge in [0, 0.05) is 31.6 Å². The fourth-order valence-electron chi connectivity index (χ4n) is 4.79. The number of hydrogen-bond donors (Lipinski definition) is 2. The molecule has 0 radical (unpaired) electrons. The predicted molar refractivity (Wildman–Crippen MR) is 104 cm³/mol. The van der Waals surface area contributed by atoms with Crippen LogP contribution < -0.4 is 10.6 Å². The molecule has 4 rings (SSSR count). The molecule has 0 aromatic heterocycles. The number of amides is 3. The molecule has 150 valence electrons. The van der Waals surface area contributed by atoms with E-state index in [-0.39, 0.29) is 24.1 Å². The van der Waals surface area contributed by atoms with Gasteiger partial charge in [-0.1, -0.05) is 12.1 Å². The number of rotatable bonds is 5. The van der Waals surface area contributed by atoms with E-state index in [1.54, 1.807) is 4.90 Å². The number of nitrogens with one attached hydrogen (secondary N) is 2.